The first-order valence-corrected chi connectivity index (χ1v) is 8.96. The highest BCUT2D eigenvalue weighted by atomic mass is 16.5. The Morgan fingerprint density at radius 1 is 0.962 bits per heavy atom. The molecule has 0 aliphatic carbocycles. The Labute approximate surface area is 154 Å². The zero-order chi connectivity index (χ0) is 18.8. The van der Waals surface area contributed by atoms with Crippen LogP contribution in [0.5, 0.6) is 5.75 Å². The second-order valence-corrected chi connectivity index (χ2v) is 6.05. The summed E-state index contributed by atoms with van der Waals surface area (Å²) in [6, 6.07) is 17.0. The Morgan fingerprint density at radius 3 is 2.31 bits per heavy atom. The predicted molar refractivity (Wildman–Crippen MR) is 102 cm³/mol. The molecule has 2 aromatic carbocycles. The van der Waals surface area contributed by atoms with Crippen LogP contribution in [0.3, 0.4) is 0 Å². The second kappa shape index (κ2) is 10.2. The monoisotopic (exact) mass is 354 g/mol. The molecule has 0 saturated carbocycles. The number of carbonyl (C=O) groups excluding carboxylic acids is 2. The minimum Gasteiger partial charge on any atom is -0.486 e. The van der Waals surface area contributed by atoms with Crippen LogP contribution in [-0.4, -0.2) is 24.9 Å². The minimum absolute atomic E-state index is 0.0502. The van der Waals surface area contributed by atoms with Crippen LogP contribution in [0.15, 0.2) is 54.6 Å². The van der Waals surface area contributed by atoms with Crippen LogP contribution in [0.1, 0.15) is 48.7 Å². The van der Waals surface area contributed by atoms with Crippen LogP contribution in [0.4, 0.5) is 0 Å². The predicted octanol–water partition coefficient (Wildman–Crippen LogP) is 3.47. The van der Waals surface area contributed by atoms with E-state index < -0.39 is 0 Å². The summed E-state index contributed by atoms with van der Waals surface area (Å²) >= 11 is 0. The molecule has 0 unspecified atom stereocenters. The first kappa shape index (κ1) is 19.5. The third-order valence-corrected chi connectivity index (χ3v) is 3.91. The molecule has 0 saturated heterocycles. The molecule has 0 heterocycles. The molecule has 5 heteroatoms. The first-order chi connectivity index (χ1) is 12.6. The van der Waals surface area contributed by atoms with Crippen LogP contribution in [-0.2, 0) is 4.79 Å². The zero-order valence-electron chi connectivity index (χ0n) is 15.3. The summed E-state index contributed by atoms with van der Waals surface area (Å²) in [5, 5.41) is 5.53. The lowest BCUT2D eigenvalue weighted by atomic mass is 10.1. The van der Waals surface area contributed by atoms with Crippen molar-refractivity contribution in [1.29, 1.82) is 0 Å². The topological polar surface area (TPSA) is 67.4 Å². The van der Waals surface area contributed by atoms with Gasteiger partial charge in [-0.05, 0) is 43.2 Å². The van der Waals surface area contributed by atoms with Crippen molar-refractivity contribution >= 4 is 11.8 Å². The van der Waals surface area contributed by atoms with Crippen LogP contribution in [0.2, 0.25) is 0 Å². The zero-order valence-corrected chi connectivity index (χ0v) is 15.3. The summed E-state index contributed by atoms with van der Waals surface area (Å²) in [4.78, 5) is 23.6. The van der Waals surface area contributed by atoms with Gasteiger partial charge in [0.05, 0.1) is 0 Å². The standard InChI is InChI=1S/C21H26N2O3/c1-3-14-22-20(24)13-15-23-21(25)18-9-11-19(12-10-18)26-16(2)17-7-5-4-6-8-17/h4-12,16H,3,13-15H2,1-2H3,(H,22,24)(H,23,25)/t16-/m0/s1. The van der Waals surface area contributed by atoms with Crippen molar-refractivity contribution in [3.05, 3.63) is 65.7 Å². The van der Waals surface area contributed by atoms with Crippen molar-refractivity contribution in [2.24, 2.45) is 0 Å². The number of rotatable bonds is 9. The minimum atomic E-state index is -0.198. The Morgan fingerprint density at radius 2 is 1.65 bits per heavy atom. The van der Waals surface area contributed by atoms with E-state index >= 15 is 0 Å². The molecule has 0 radical (unpaired) electrons. The number of nitrogens with one attached hydrogen (secondary N) is 2. The van der Waals surface area contributed by atoms with Gasteiger partial charge in [-0.2, -0.15) is 0 Å². The highest BCUT2D eigenvalue weighted by molar-refractivity contribution is 5.94. The Bertz CT molecular complexity index is 699. The number of hydrogen-bond acceptors (Lipinski definition) is 3. The van der Waals surface area contributed by atoms with Gasteiger partial charge in [-0.1, -0.05) is 37.3 Å². The van der Waals surface area contributed by atoms with E-state index in [1.807, 2.05) is 44.2 Å². The smallest absolute Gasteiger partial charge is 0.251 e. The molecular formula is C21H26N2O3. The van der Waals surface area contributed by atoms with Crippen LogP contribution in [0, 0.1) is 0 Å². The maximum Gasteiger partial charge on any atom is 0.251 e. The lowest BCUT2D eigenvalue weighted by molar-refractivity contribution is -0.120. The molecule has 5 nitrogen and oxygen atoms in total. The fourth-order valence-electron chi connectivity index (χ4n) is 2.43. The fraction of sp³-hybridized carbons (Fsp3) is 0.333. The van der Waals surface area contributed by atoms with Gasteiger partial charge in [0.15, 0.2) is 0 Å². The molecule has 0 fully saturated rings. The average Bonchev–Trinajstić information content (AvgIpc) is 2.67. The lowest BCUT2D eigenvalue weighted by Gasteiger charge is -2.15. The molecule has 0 aromatic heterocycles. The van der Waals surface area contributed by atoms with Gasteiger partial charge >= 0.3 is 0 Å². The maximum absolute atomic E-state index is 12.1. The SMILES string of the molecule is CCCNC(=O)CCNC(=O)c1ccc(O[C@@H](C)c2ccccc2)cc1. The van der Waals surface area contributed by atoms with E-state index in [2.05, 4.69) is 10.6 Å². The third kappa shape index (κ3) is 6.24. The first-order valence-electron chi connectivity index (χ1n) is 8.96. The molecule has 0 aliphatic rings. The largest absolute Gasteiger partial charge is 0.486 e. The molecule has 2 aromatic rings. The van der Waals surface area contributed by atoms with E-state index in [4.69, 9.17) is 4.74 Å². The summed E-state index contributed by atoms with van der Waals surface area (Å²) < 4.78 is 5.90. The van der Waals surface area contributed by atoms with E-state index in [-0.39, 0.29) is 24.3 Å². The second-order valence-electron chi connectivity index (χ2n) is 6.05. The normalized spacial score (nSPS) is 11.5. The van der Waals surface area contributed by atoms with Gasteiger partial charge in [0.2, 0.25) is 5.91 Å². The van der Waals surface area contributed by atoms with Crippen molar-refractivity contribution in [1.82, 2.24) is 10.6 Å². The Balaban J connectivity index is 1.81. The van der Waals surface area contributed by atoms with Crippen LogP contribution < -0.4 is 15.4 Å². The van der Waals surface area contributed by atoms with Gasteiger partial charge in [-0.15, -0.1) is 0 Å². The summed E-state index contributed by atoms with van der Waals surface area (Å²) in [5.74, 6) is 0.457. The van der Waals surface area contributed by atoms with E-state index in [0.717, 1.165) is 12.0 Å². The lowest BCUT2D eigenvalue weighted by Crippen LogP contribution is -2.31. The van der Waals surface area contributed by atoms with E-state index in [9.17, 15) is 9.59 Å². The van der Waals surface area contributed by atoms with Gasteiger partial charge in [-0.25, -0.2) is 0 Å². The van der Waals surface area contributed by atoms with Crippen molar-refractivity contribution in [2.45, 2.75) is 32.8 Å². The molecule has 0 aliphatic heterocycles. The van der Waals surface area contributed by atoms with Crippen LogP contribution in [0.25, 0.3) is 0 Å². The maximum atomic E-state index is 12.1. The van der Waals surface area contributed by atoms with Crippen molar-refractivity contribution < 1.29 is 14.3 Å². The quantitative estimate of drug-likeness (QED) is 0.724. The number of ether oxygens (including phenoxy) is 1. The van der Waals surface area contributed by atoms with E-state index in [1.165, 1.54) is 0 Å². The Hall–Kier alpha value is -2.82. The molecule has 0 bridgehead atoms. The molecule has 26 heavy (non-hydrogen) atoms. The Kier molecular flexibility index (Phi) is 7.68. The molecular weight excluding hydrogens is 328 g/mol. The van der Waals surface area contributed by atoms with Gasteiger partial charge in [0.1, 0.15) is 11.9 Å². The van der Waals surface area contributed by atoms with Crippen molar-refractivity contribution in [3.63, 3.8) is 0 Å². The van der Waals surface area contributed by atoms with Crippen molar-refractivity contribution in [3.8, 4) is 5.75 Å². The molecule has 0 spiro atoms. The van der Waals surface area contributed by atoms with E-state index in [0.29, 0.717) is 24.4 Å². The molecule has 2 N–H and O–H groups in total. The summed E-state index contributed by atoms with van der Waals surface area (Å²) in [5.41, 5.74) is 1.63. The molecule has 138 valence electrons. The third-order valence-electron chi connectivity index (χ3n) is 3.91. The highest BCUT2D eigenvalue weighted by Gasteiger charge is 2.09. The molecule has 2 rings (SSSR count). The number of hydrogen-bond donors (Lipinski definition) is 2. The van der Waals surface area contributed by atoms with Gasteiger partial charge in [0.25, 0.3) is 5.91 Å². The van der Waals surface area contributed by atoms with E-state index in [1.54, 1.807) is 24.3 Å². The number of amides is 2. The van der Waals surface area contributed by atoms with Crippen LogP contribution >= 0.6 is 0 Å². The van der Waals surface area contributed by atoms with Gasteiger partial charge in [0, 0.05) is 25.1 Å². The number of carbonyl (C=O) groups is 2. The highest BCUT2D eigenvalue weighted by Crippen LogP contribution is 2.21. The van der Waals surface area contributed by atoms with Gasteiger partial charge in [-0.3, -0.25) is 9.59 Å². The average molecular weight is 354 g/mol. The molecule has 1 atom stereocenters. The number of benzene rings is 2. The summed E-state index contributed by atoms with van der Waals surface area (Å²) in [6.45, 7) is 4.96. The van der Waals surface area contributed by atoms with Crippen molar-refractivity contribution in [2.75, 3.05) is 13.1 Å². The summed E-state index contributed by atoms with van der Waals surface area (Å²) in [7, 11) is 0. The fourth-order valence-corrected chi connectivity index (χ4v) is 2.43. The summed E-state index contributed by atoms with van der Waals surface area (Å²) in [6.07, 6.45) is 1.11. The molecule has 2 amide bonds. The van der Waals surface area contributed by atoms with Gasteiger partial charge < -0.3 is 15.4 Å².